The van der Waals surface area contributed by atoms with E-state index in [1.54, 1.807) is 12.1 Å². The maximum atomic E-state index is 11.2. The number of nitrogens with two attached hydrogens (primary N) is 1. The van der Waals surface area contributed by atoms with Crippen LogP contribution in [0.5, 0.6) is 0 Å². The predicted octanol–water partition coefficient (Wildman–Crippen LogP) is 0.783. The highest BCUT2D eigenvalue weighted by Crippen LogP contribution is 2.17. The van der Waals surface area contributed by atoms with Crippen molar-refractivity contribution < 1.29 is 9.63 Å². The summed E-state index contributed by atoms with van der Waals surface area (Å²) in [6.45, 7) is 0. The highest BCUT2D eigenvalue weighted by Gasteiger charge is 2.11. The molecule has 2 N–H and O–H groups in total. The Kier molecular flexibility index (Phi) is 2.87. The molecular formula is C9H12N2O2. The van der Waals surface area contributed by atoms with Gasteiger partial charge in [0.15, 0.2) is 0 Å². The molecule has 1 aromatic carbocycles. The molecule has 0 heterocycles. The van der Waals surface area contributed by atoms with Crippen molar-refractivity contribution in [1.29, 1.82) is 0 Å². The standard InChI is InChI=1S/C9H12N2O2/c1-11(2)8-6-4-3-5-7(8)9(12)13-10/h3-6H,10H2,1-2H3. The summed E-state index contributed by atoms with van der Waals surface area (Å²) in [7, 11) is 3.70. The summed E-state index contributed by atoms with van der Waals surface area (Å²) >= 11 is 0. The SMILES string of the molecule is CN(C)c1ccccc1C(=O)ON. The van der Waals surface area contributed by atoms with E-state index in [-0.39, 0.29) is 0 Å². The summed E-state index contributed by atoms with van der Waals surface area (Å²) in [5, 5.41) is 0. The Hall–Kier alpha value is -1.55. The number of hydrogen-bond donors (Lipinski definition) is 1. The fourth-order valence-corrected chi connectivity index (χ4v) is 1.10. The van der Waals surface area contributed by atoms with Crippen molar-refractivity contribution in [1.82, 2.24) is 0 Å². The largest absolute Gasteiger partial charge is 0.377 e. The fraction of sp³-hybridized carbons (Fsp3) is 0.222. The molecule has 0 amide bonds. The van der Waals surface area contributed by atoms with E-state index < -0.39 is 5.97 Å². The third kappa shape index (κ3) is 1.97. The first-order valence-electron chi connectivity index (χ1n) is 3.84. The van der Waals surface area contributed by atoms with Crippen molar-refractivity contribution in [2.45, 2.75) is 0 Å². The van der Waals surface area contributed by atoms with E-state index in [9.17, 15) is 4.79 Å². The van der Waals surface area contributed by atoms with Gasteiger partial charge in [-0.3, -0.25) is 0 Å². The van der Waals surface area contributed by atoms with Crippen LogP contribution in [0.25, 0.3) is 0 Å². The molecule has 4 heteroatoms. The summed E-state index contributed by atoms with van der Waals surface area (Å²) < 4.78 is 0. The van der Waals surface area contributed by atoms with Crippen LogP contribution in [-0.4, -0.2) is 20.1 Å². The second-order valence-corrected chi connectivity index (χ2v) is 2.82. The zero-order chi connectivity index (χ0) is 9.84. The molecule has 0 fully saturated rings. The van der Waals surface area contributed by atoms with E-state index in [0.29, 0.717) is 5.56 Å². The molecule has 13 heavy (non-hydrogen) atoms. The van der Waals surface area contributed by atoms with E-state index in [4.69, 9.17) is 5.90 Å². The predicted molar refractivity (Wildman–Crippen MR) is 50.4 cm³/mol. The molecule has 4 nitrogen and oxygen atoms in total. The monoisotopic (exact) mass is 180 g/mol. The van der Waals surface area contributed by atoms with Crippen molar-refractivity contribution in [3.63, 3.8) is 0 Å². The van der Waals surface area contributed by atoms with E-state index >= 15 is 0 Å². The normalized spacial score (nSPS) is 9.46. The summed E-state index contributed by atoms with van der Waals surface area (Å²) in [6.07, 6.45) is 0. The number of para-hydroxylation sites is 1. The summed E-state index contributed by atoms with van der Waals surface area (Å²) in [6, 6.07) is 7.11. The van der Waals surface area contributed by atoms with Crippen LogP contribution >= 0.6 is 0 Å². The van der Waals surface area contributed by atoms with Gasteiger partial charge in [-0.05, 0) is 12.1 Å². The van der Waals surface area contributed by atoms with Crippen molar-refractivity contribution >= 4 is 11.7 Å². The molecule has 0 saturated carbocycles. The minimum absolute atomic E-state index is 0.468. The molecule has 70 valence electrons. The van der Waals surface area contributed by atoms with E-state index in [2.05, 4.69) is 4.84 Å². The summed E-state index contributed by atoms with van der Waals surface area (Å²) in [4.78, 5) is 17.2. The van der Waals surface area contributed by atoms with E-state index in [0.717, 1.165) is 5.69 Å². The maximum absolute atomic E-state index is 11.2. The molecule has 0 unspecified atom stereocenters. The lowest BCUT2D eigenvalue weighted by atomic mass is 10.1. The average Bonchev–Trinajstić information content (AvgIpc) is 2.16. The Morgan fingerprint density at radius 2 is 2.00 bits per heavy atom. The van der Waals surface area contributed by atoms with E-state index in [1.165, 1.54) is 0 Å². The number of nitrogens with zero attached hydrogens (tertiary/aromatic N) is 1. The quantitative estimate of drug-likeness (QED) is 0.683. The number of carbonyl (C=O) groups is 1. The van der Waals surface area contributed by atoms with Crippen molar-refractivity contribution in [2.24, 2.45) is 5.90 Å². The second kappa shape index (κ2) is 3.91. The van der Waals surface area contributed by atoms with Gasteiger partial charge in [-0.1, -0.05) is 12.1 Å². The second-order valence-electron chi connectivity index (χ2n) is 2.82. The molecule has 0 radical (unpaired) electrons. The van der Waals surface area contributed by atoms with Crippen LogP contribution in [0.15, 0.2) is 24.3 Å². The molecule has 0 bridgehead atoms. The third-order valence-electron chi connectivity index (χ3n) is 1.71. The highest BCUT2D eigenvalue weighted by atomic mass is 16.7. The van der Waals surface area contributed by atoms with Gasteiger partial charge in [0.2, 0.25) is 0 Å². The van der Waals surface area contributed by atoms with Gasteiger partial charge < -0.3 is 9.74 Å². The molecular weight excluding hydrogens is 168 g/mol. The van der Waals surface area contributed by atoms with Gasteiger partial charge in [-0.15, -0.1) is 0 Å². The lowest BCUT2D eigenvalue weighted by Crippen LogP contribution is -2.17. The van der Waals surface area contributed by atoms with E-state index in [1.807, 2.05) is 31.1 Å². The first-order chi connectivity index (χ1) is 6.16. The van der Waals surface area contributed by atoms with Crippen molar-refractivity contribution in [2.75, 3.05) is 19.0 Å². The lowest BCUT2D eigenvalue weighted by molar-refractivity contribution is 0.0504. The zero-order valence-corrected chi connectivity index (χ0v) is 7.65. The van der Waals surface area contributed by atoms with Crippen LogP contribution in [0.4, 0.5) is 5.69 Å². The number of benzene rings is 1. The lowest BCUT2D eigenvalue weighted by Gasteiger charge is -2.15. The number of anilines is 1. The number of carbonyl (C=O) groups excluding carboxylic acids is 1. The van der Waals surface area contributed by atoms with Gasteiger partial charge in [0.05, 0.1) is 11.3 Å². The topological polar surface area (TPSA) is 55.6 Å². The minimum Gasteiger partial charge on any atom is -0.377 e. The summed E-state index contributed by atoms with van der Waals surface area (Å²) in [5.74, 6) is 4.28. The molecule has 0 atom stereocenters. The average molecular weight is 180 g/mol. The van der Waals surface area contributed by atoms with Crippen LogP contribution in [-0.2, 0) is 4.84 Å². The van der Waals surface area contributed by atoms with Crippen LogP contribution < -0.4 is 10.8 Å². The van der Waals surface area contributed by atoms with Crippen LogP contribution in [0.2, 0.25) is 0 Å². The van der Waals surface area contributed by atoms with Gasteiger partial charge in [-0.2, -0.15) is 5.90 Å². The van der Waals surface area contributed by atoms with Gasteiger partial charge in [0.25, 0.3) is 0 Å². The van der Waals surface area contributed by atoms with Gasteiger partial charge >= 0.3 is 5.97 Å². The fourth-order valence-electron chi connectivity index (χ4n) is 1.10. The Balaban J connectivity index is 3.12. The Labute approximate surface area is 76.9 Å². The van der Waals surface area contributed by atoms with Crippen molar-refractivity contribution in [3.05, 3.63) is 29.8 Å². The molecule has 0 aromatic heterocycles. The Morgan fingerprint density at radius 1 is 1.38 bits per heavy atom. The van der Waals surface area contributed by atoms with Gasteiger partial charge in [0.1, 0.15) is 0 Å². The smallest absolute Gasteiger partial charge is 0.358 e. The minimum atomic E-state index is -0.524. The Morgan fingerprint density at radius 3 is 2.54 bits per heavy atom. The molecule has 1 rings (SSSR count). The molecule has 0 spiro atoms. The van der Waals surface area contributed by atoms with Crippen LogP contribution in [0, 0.1) is 0 Å². The van der Waals surface area contributed by atoms with Crippen LogP contribution in [0.3, 0.4) is 0 Å². The van der Waals surface area contributed by atoms with Crippen molar-refractivity contribution in [3.8, 4) is 0 Å². The molecule has 0 aliphatic heterocycles. The first-order valence-corrected chi connectivity index (χ1v) is 3.84. The van der Waals surface area contributed by atoms with Crippen LogP contribution in [0.1, 0.15) is 10.4 Å². The molecule has 1 aromatic rings. The molecule has 0 aliphatic rings. The van der Waals surface area contributed by atoms with Gasteiger partial charge in [-0.25, -0.2) is 4.79 Å². The summed E-state index contributed by atoms with van der Waals surface area (Å²) in [5.41, 5.74) is 1.26. The van der Waals surface area contributed by atoms with Gasteiger partial charge in [0, 0.05) is 14.1 Å². The number of rotatable bonds is 2. The highest BCUT2D eigenvalue weighted by molar-refractivity contribution is 5.95. The number of hydrogen-bond acceptors (Lipinski definition) is 4. The first kappa shape index (κ1) is 9.54. The molecule has 0 saturated heterocycles. The third-order valence-corrected chi connectivity index (χ3v) is 1.71. The Bertz CT molecular complexity index is 310. The molecule has 0 aliphatic carbocycles. The zero-order valence-electron chi connectivity index (χ0n) is 7.65. The maximum Gasteiger partial charge on any atom is 0.358 e.